The van der Waals surface area contributed by atoms with Gasteiger partial charge in [-0.2, -0.15) is 5.10 Å². The number of nitrogens with one attached hydrogen (secondary N) is 1. The highest BCUT2D eigenvalue weighted by Crippen LogP contribution is 2.35. The number of amides is 1. The molecule has 1 aromatic heterocycles. The number of aromatic nitrogens is 2. The van der Waals surface area contributed by atoms with Gasteiger partial charge in [-0.05, 0) is 62.2 Å². The standard InChI is InChI=1S/C24H27N5O4/c1-27-13-4-5-18(23(27)17-8-10-21(33-2)11-9-17)16-25-24(30)22-12-14-28(26-22)19-6-3-7-20(15-19)29(31)32/h3,6-12,14-15,18,23H,4-5,13,16H2,1-2H3,(H,25,30). The number of carbonyl (C=O) groups excluding carboxylic acids is 1. The number of rotatable bonds is 7. The smallest absolute Gasteiger partial charge is 0.271 e. The van der Waals surface area contributed by atoms with Crippen LogP contribution < -0.4 is 10.1 Å². The first-order chi connectivity index (χ1) is 16.0. The van der Waals surface area contributed by atoms with E-state index in [0.29, 0.717) is 12.2 Å². The molecule has 9 nitrogen and oxygen atoms in total. The topological polar surface area (TPSA) is 103 Å². The van der Waals surface area contributed by atoms with Gasteiger partial charge in [0.1, 0.15) is 5.75 Å². The highest BCUT2D eigenvalue weighted by atomic mass is 16.6. The quantitative estimate of drug-likeness (QED) is 0.437. The average molecular weight is 450 g/mol. The highest BCUT2D eigenvalue weighted by Gasteiger charge is 2.31. The van der Waals surface area contributed by atoms with Gasteiger partial charge in [0.15, 0.2) is 5.69 Å². The van der Waals surface area contributed by atoms with E-state index in [2.05, 4.69) is 34.5 Å². The zero-order valence-electron chi connectivity index (χ0n) is 18.7. The van der Waals surface area contributed by atoms with E-state index in [9.17, 15) is 14.9 Å². The van der Waals surface area contributed by atoms with E-state index >= 15 is 0 Å². The van der Waals surface area contributed by atoms with Gasteiger partial charge in [-0.1, -0.05) is 18.2 Å². The Balaban J connectivity index is 1.44. The SMILES string of the molecule is COc1ccc(C2C(CNC(=O)c3ccn(-c4cccc([N+](=O)[O-])c4)n3)CCCN2C)cc1. The van der Waals surface area contributed by atoms with Gasteiger partial charge >= 0.3 is 0 Å². The van der Waals surface area contributed by atoms with Crippen LogP contribution >= 0.6 is 0 Å². The third-order valence-electron chi connectivity index (χ3n) is 6.12. The van der Waals surface area contributed by atoms with E-state index in [1.165, 1.54) is 22.4 Å². The molecule has 9 heteroatoms. The van der Waals surface area contributed by atoms with Gasteiger partial charge in [0, 0.05) is 30.9 Å². The lowest BCUT2D eigenvalue weighted by Crippen LogP contribution is -2.41. The van der Waals surface area contributed by atoms with Gasteiger partial charge in [0.05, 0.1) is 17.7 Å². The van der Waals surface area contributed by atoms with Crippen LogP contribution in [0, 0.1) is 16.0 Å². The summed E-state index contributed by atoms with van der Waals surface area (Å²) < 4.78 is 6.75. The van der Waals surface area contributed by atoms with Crippen LogP contribution in [0.25, 0.3) is 5.69 Å². The molecular formula is C24H27N5O4. The van der Waals surface area contributed by atoms with E-state index < -0.39 is 4.92 Å². The van der Waals surface area contributed by atoms with Gasteiger partial charge in [-0.15, -0.1) is 0 Å². The van der Waals surface area contributed by atoms with Crippen molar-refractivity contribution in [3.8, 4) is 11.4 Å². The van der Waals surface area contributed by atoms with Crippen LogP contribution in [-0.2, 0) is 0 Å². The number of non-ortho nitro benzene ring substituents is 1. The van der Waals surface area contributed by atoms with E-state index in [1.807, 2.05) is 12.1 Å². The van der Waals surface area contributed by atoms with E-state index in [1.54, 1.807) is 31.5 Å². The molecule has 1 amide bonds. The van der Waals surface area contributed by atoms with E-state index in [0.717, 1.165) is 25.1 Å². The molecule has 1 aliphatic rings. The summed E-state index contributed by atoms with van der Waals surface area (Å²) >= 11 is 0. The maximum Gasteiger partial charge on any atom is 0.271 e. The molecule has 0 spiro atoms. The van der Waals surface area contributed by atoms with Crippen LogP contribution in [0.2, 0.25) is 0 Å². The molecule has 1 N–H and O–H groups in total. The maximum atomic E-state index is 12.8. The summed E-state index contributed by atoms with van der Waals surface area (Å²) in [5.41, 5.74) is 1.97. The number of piperidine rings is 1. The summed E-state index contributed by atoms with van der Waals surface area (Å²) in [5.74, 6) is 0.822. The Morgan fingerprint density at radius 2 is 2.03 bits per heavy atom. The summed E-state index contributed by atoms with van der Waals surface area (Å²) in [6.07, 6.45) is 3.72. The molecule has 0 bridgehead atoms. The second-order valence-electron chi connectivity index (χ2n) is 8.23. The average Bonchev–Trinajstić information content (AvgIpc) is 3.33. The van der Waals surface area contributed by atoms with Crippen molar-refractivity contribution in [2.45, 2.75) is 18.9 Å². The van der Waals surface area contributed by atoms with Crippen LogP contribution in [-0.4, -0.2) is 52.8 Å². The lowest BCUT2D eigenvalue weighted by atomic mass is 9.85. The Labute approximate surface area is 192 Å². The number of nitro benzene ring substituents is 1. The van der Waals surface area contributed by atoms with E-state index in [4.69, 9.17) is 4.74 Å². The molecule has 2 heterocycles. The Bertz CT molecular complexity index is 1130. The Morgan fingerprint density at radius 1 is 1.24 bits per heavy atom. The third-order valence-corrected chi connectivity index (χ3v) is 6.12. The second-order valence-corrected chi connectivity index (χ2v) is 8.23. The molecule has 0 aliphatic carbocycles. The van der Waals surface area contributed by atoms with Crippen molar-refractivity contribution >= 4 is 11.6 Å². The number of likely N-dealkylation sites (tertiary alicyclic amines) is 1. The number of methoxy groups -OCH3 is 1. The fourth-order valence-corrected chi connectivity index (χ4v) is 4.45. The Morgan fingerprint density at radius 3 is 2.76 bits per heavy atom. The molecule has 0 saturated carbocycles. The van der Waals surface area contributed by atoms with Crippen LogP contribution in [0.1, 0.15) is 34.9 Å². The van der Waals surface area contributed by atoms with E-state index in [-0.39, 0.29) is 29.2 Å². The van der Waals surface area contributed by atoms with Crippen molar-refractivity contribution in [2.24, 2.45) is 5.92 Å². The van der Waals surface area contributed by atoms with Crippen molar-refractivity contribution in [1.82, 2.24) is 20.0 Å². The molecule has 1 fully saturated rings. The number of nitrogens with zero attached hydrogens (tertiary/aromatic N) is 4. The number of carbonyl (C=O) groups is 1. The van der Waals surface area contributed by atoms with Crippen LogP contribution in [0.3, 0.4) is 0 Å². The molecule has 1 aliphatic heterocycles. The first-order valence-electron chi connectivity index (χ1n) is 10.9. The van der Waals surface area contributed by atoms with Gasteiger partial charge in [-0.25, -0.2) is 4.68 Å². The molecule has 4 rings (SSSR count). The lowest BCUT2D eigenvalue weighted by Gasteiger charge is -2.39. The van der Waals surface area contributed by atoms with Crippen molar-refractivity contribution in [2.75, 3.05) is 27.2 Å². The normalized spacial score (nSPS) is 18.6. The first kappa shape index (κ1) is 22.5. The molecule has 2 atom stereocenters. The van der Waals surface area contributed by atoms with Crippen molar-refractivity contribution < 1.29 is 14.5 Å². The molecule has 172 valence electrons. The fraction of sp³-hybridized carbons (Fsp3) is 0.333. The molecule has 2 unspecified atom stereocenters. The second kappa shape index (κ2) is 9.83. The molecule has 0 radical (unpaired) electrons. The van der Waals surface area contributed by atoms with Crippen molar-refractivity contribution in [3.05, 3.63) is 82.2 Å². The molecule has 33 heavy (non-hydrogen) atoms. The lowest BCUT2D eigenvalue weighted by molar-refractivity contribution is -0.384. The molecular weight excluding hydrogens is 422 g/mol. The zero-order valence-corrected chi connectivity index (χ0v) is 18.7. The minimum Gasteiger partial charge on any atom is -0.497 e. The summed E-state index contributed by atoms with van der Waals surface area (Å²) in [6, 6.07) is 16.1. The third kappa shape index (κ3) is 5.04. The molecule has 3 aromatic rings. The minimum atomic E-state index is -0.457. The Kier molecular flexibility index (Phi) is 6.69. The maximum absolute atomic E-state index is 12.8. The van der Waals surface area contributed by atoms with Crippen LogP contribution in [0.15, 0.2) is 60.8 Å². The summed E-state index contributed by atoms with van der Waals surface area (Å²) in [6.45, 7) is 1.54. The van der Waals surface area contributed by atoms with Gasteiger partial charge in [0.25, 0.3) is 11.6 Å². The predicted molar refractivity (Wildman–Crippen MR) is 124 cm³/mol. The highest BCUT2D eigenvalue weighted by molar-refractivity contribution is 5.92. The van der Waals surface area contributed by atoms with Gasteiger partial charge in [-0.3, -0.25) is 19.8 Å². The van der Waals surface area contributed by atoms with Crippen LogP contribution in [0.5, 0.6) is 5.75 Å². The number of hydrogen-bond donors (Lipinski definition) is 1. The van der Waals surface area contributed by atoms with Gasteiger partial charge < -0.3 is 10.1 Å². The number of nitro groups is 1. The van der Waals surface area contributed by atoms with Gasteiger partial charge in [0.2, 0.25) is 0 Å². The summed E-state index contributed by atoms with van der Waals surface area (Å²) in [4.78, 5) is 25.7. The Hall–Kier alpha value is -3.72. The molecule has 1 saturated heterocycles. The summed E-state index contributed by atoms with van der Waals surface area (Å²) in [5, 5.41) is 18.4. The minimum absolute atomic E-state index is 0.0278. The zero-order chi connectivity index (χ0) is 23.4. The largest absolute Gasteiger partial charge is 0.497 e. The fourth-order valence-electron chi connectivity index (χ4n) is 4.45. The predicted octanol–water partition coefficient (Wildman–Crippen LogP) is 3.60. The summed E-state index contributed by atoms with van der Waals surface area (Å²) in [7, 11) is 3.77. The first-order valence-corrected chi connectivity index (χ1v) is 10.9. The number of benzene rings is 2. The van der Waals surface area contributed by atoms with Crippen molar-refractivity contribution in [3.63, 3.8) is 0 Å². The monoisotopic (exact) mass is 449 g/mol. The van der Waals surface area contributed by atoms with Crippen molar-refractivity contribution in [1.29, 1.82) is 0 Å². The number of hydrogen-bond acceptors (Lipinski definition) is 6. The number of ether oxygens (including phenoxy) is 1. The van der Waals surface area contributed by atoms with Crippen LogP contribution in [0.4, 0.5) is 5.69 Å². The molecule has 2 aromatic carbocycles.